The van der Waals surface area contributed by atoms with Gasteiger partial charge in [0.05, 0.1) is 17.8 Å². The van der Waals surface area contributed by atoms with Crippen LogP contribution in [0.1, 0.15) is 11.3 Å². The minimum atomic E-state index is -0.605. The summed E-state index contributed by atoms with van der Waals surface area (Å²) in [5.74, 6) is -0.172. The van der Waals surface area contributed by atoms with Crippen LogP contribution in [0, 0.1) is 0 Å². The first-order valence-electron chi connectivity index (χ1n) is 11.5. The van der Waals surface area contributed by atoms with E-state index < -0.39 is 11.8 Å². The summed E-state index contributed by atoms with van der Waals surface area (Å²) in [5.41, 5.74) is 9.14. The Kier molecular flexibility index (Phi) is 7.53. The van der Waals surface area contributed by atoms with Crippen LogP contribution >= 0.6 is 0 Å². The molecule has 9 heteroatoms. The summed E-state index contributed by atoms with van der Waals surface area (Å²) in [6.45, 7) is 4.40. The van der Waals surface area contributed by atoms with Crippen molar-refractivity contribution in [1.82, 2.24) is 20.1 Å². The van der Waals surface area contributed by atoms with E-state index in [1.165, 1.54) is 11.9 Å². The lowest BCUT2D eigenvalue weighted by atomic mass is 9.97. The van der Waals surface area contributed by atoms with Crippen LogP contribution in [0.5, 0.6) is 0 Å². The molecule has 0 atom stereocenters. The third kappa shape index (κ3) is 5.62. The Balaban J connectivity index is 1.46. The molecule has 2 aromatic rings. The van der Waals surface area contributed by atoms with Crippen LogP contribution in [0.25, 0.3) is 5.57 Å². The van der Waals surface area contributed by atoms with Gasteiger partial charge in [-0.15, -0.1) is 0 Å². The molecule has 1 aromatic carbocycles. The minimum absolute atomic E-state index is 0.0267. The van der Waals surface area contributed by atoms with Gasteiger partial charge in [-0.3, -0.25) is 19.6 Å². The molecule has 0 aliphatic carbocycles. The van der Waals surface area contributed by atoms with E-state index in [1.807, 2.05) is 53.6 Å². The number of allylic oxidation sites excluding steroid dienone is 3. The molecule has 0 spiro atoms. The number of nitrogens with two attached hydrogens (primary N) is 1. The summed E-state index contributed by atoms with van der Waals surface area (Å²) >= 11 is 0. The van der Waals surface area contributed by atoms with Gasteiger partial charge in [0.2, 0.25) is 0 Å². The number of hydrogen-bond acceptors (Lipinski definition) is 7. The molecule has 3 heterocycles. The molecule has 9 nitrogen and oxygen atoms in total. The predicted octanol–water partition coefficient (Wildman–Crippen LogP) is 2.75. The Morgan fingerprint density at radius 3 is 2.62 bits per heavy atom. The van der Waals surface area contributed by atoms with E-state index in [1.54, 1.807) is 37.7 Å². The number of fused-ring (bicyclic) bond motifs is 1. The summed E-state index contributed by atoms with van der Waals surface area (Å²) in [6, 6.07) is 15.4. The number of carbonyl (C=O) groups is 2. The second-order valence-corrected chi connectivity index (χ2v) is 8.25. The quantitative estimate of drug-likeness (QED) is 0.474. The molecule has 4 rings (SSSR count). The zero-order valence-corrected chi connectivity index (χ0v) is 20.6. The van der Waals surface area contributed by atoms with E-state index in [4.69, 9.17) is 5.73 Å². The van der Waals surface area contributed by atoms with Gasteiger partial charge < -0.3 is 20.9 Å². The molecule has 2 aliphatic rings. The number of benzene rings is 1. The smallest absolute Gasteiger partial charge is 0.275 e. The number of amides is 2. The number of rotatable bonds is 6. The van der Waals surface area contributed by atoms with Crippen molar-refractivity contribution < 1.29 is 9.59 Å². The van der Waals surface area contributed by atoms with E-state index in [0.29, 0.717) is 17.4 Å². The third-order valence-electron chi connectivity index (χ3n) is 5.70. The van der Waals surface area contributed by atoms with Gasteiger partial charge in [0.1, 0.15) is 17.4 Å². The highest BCUT2D eigenvalue weighted by Crippen LogP contribution is 2.31. The molecule has 0 fully saturated rings. The molecule has 0 bridgehead atoms. The highest BCUT2D eigenvalue weighted by Gasteiger charge is 2.26. The molecule has 186 valence electrons. The molecule has 0 radical (unpaired) electrons. The Morgan fingerprint density at radius 2 is 1.95 bits per heavy atom. The van der Waals surface area contributed by atoms with Crippen molar-refractivity contribution in [2.75, 3.05) is 14.1 Å². The van der Waals surface area contributed by atoms with Crippen LogP contribution in [0.2, 0.25) is 0 Å². The van der Waals surface area contributed by atoms with E-state index in [2.05, 4.69) is 26.9 Å². The lowest BCUT2D eigenvalue weighted by Crippen LogP contribution is -2.41. The van der Waals surface area contributed by atoms with Crippen LogP contribution in [-0.2, 0) is 16.1 Å². The SMILES string of the molecule is C=C1C=C2N=C(NC(=O)C(=NC)C(=CN)C(=O)N(C)Cc3ccccn3)C=CN2C=C1c1ccccc1. The van der Waals surface area contributed by atoms with E-state index in [0.717, 1.165) is 22.9 Å². The second-order valence-electron chi connectivity index (χ2n) is 8.25. The van der Waals surface area contributed by atoms with Gasteiger partial charge in [0.15, 0.2) is 0 Å². The van der Waals surface area contributed by atoms with Crippen LogP contribution in [0.3, 0.4) is 0 Å². The number of carbonyl (C=O) groups excluding carboxylic acids is 2. The largest absolute Gasteiger partial charge is 0.404 e. The second kappa shape index (κ2) is 11.1. The highest BCUT2D eigenvalue weighted by atomic mass is 16.2. The normalized spacial score (nSPS) is 15.4. The van der Waals surface area contributed by atoms with Crippen molar-refractivity contribution in [3.63, 3.8) is 0 Å². The van der Waals surface area contributed by atoms with Gasteiger partial charge >= 0.3 is 0 Å². The number of likely N-dealkylation sites (N-methyl/N-ethyl adjacent to an activating group) is 1. The van der Waals surface area contributed by atoms with Crippen LogP contribution in [0.15, 0.2) is 119 Å². The Morgan fingerprint density at radius 1 is 1.19 bits per heavy atom. The van der Waals surface area contributed by atoms with E-state index in [9.17, 15) is 9.59 Å². The zero-order valence-electron chi connectivity index (χ0n) is 20.6. The number of nitrogens with zero attached hydrogens (tertiary/aromatic N) is 5. The van der Waals surface area contributed by atoms with Gasteiger partial charge in [-0.1, -0.05) is 43.0 Å². The van der Waals surface area contributed by atoms with Crippen molar-refractivity contribution in [2.24, 2.45) is 15.7 Å². The maximum Gasteiger partial charge on any atom is 0.275 e. The van der Waals surface area contributed by atoms with Gasteiger partial charge in [-0.2, -0.15) is 0 Å². The first kappa shape index (κ1) is 25.1. The van der Waals surface area contributed by atoms with E-state index >= 15 is 0 Å². The third-order valence-corrected chi connectivity index (χ3v) is 5.70. The molecule has 37 heavy (non-hydrogen) atoms. The fourth-order valence-corrected chi connectivity index (χ4v) is 3.85. The van der Waals surface area contributed by atoms with Gasteiger partial charge in [0.25, 0.3) is 11.8 Å². The average Bonchev–Trinajstić information content (AvgIpc) is 2.91. The first-order valence-corrected chi connectivity index (χ1v) is 11.5. The van der Waals surface area contributed by atoms with E-state index in [-0.39, 0.29) is 17.8 Å². The number of pyridine rings is 1. The van der Waals surface area contributed by atoms with Crippen LogP contribution < -0.4 is 11.1 Å². The Hall–Kier alpha value is -5.05. The average molecular weight is 494 g/mol. The fourth-order valence-electron chi connectivity index (χ4n) is 3.85. The topological polar surface area (TPSA) is 116 Å². The molecule has 0 unspecified atom stereocenters. The molecule has 2 amide bonds. The molecular formula is C28H27N7O2. The standard InChI is InChI=1S/C28H27N7O2/c1-19-15-25-32-24(12-14-35(25)18-23(19)20-9-5-4-6-10-20)33-27(36)26(30-2)22(16-29)28(37)34(3)17-21-11-7-8-13-31-21/h4-16,18H,1,17,29H2,2-3H3,(H,32,33,36). The molecular weight excluding hydrogens is 466 g/mol. The van der Waals surface area contributed by atoms with Gasteiger partial charge in [-0.25, -0.2) is 4.99 Å². The van der Waals surface area contributed by atoms with Crippen molar-refractivity contribution in [2.45, 2.75) is 6.54 Å². The van der Waals surface area contributed by atoms with Crippen LogP contribution in [0.4, 0.5) is 0 Å². The van der Waals surface area contributed by atoms with Gasteiger partial charge in [0, 0.05) is 44.5 Å². The lowest BCUT2D eigenvalue weighted by molar-refractivity contribution is -0.126. The predicted molar refractivity (Wildman–Crippen MR) is 145 cm³/mol. The zero-order chi connectivity index (χ0) is 26.4. The molecule has 3 N–H and O–H groups in total. The summed E-state index contributed by atoms with van der Waals surface area (Å²) in [6.07, 6.45) is 9.97. The number of amidine groups is 1. The number of nitrogens with one attached hydrogen (secondary N) is 1. The number of aromatic nitrogens is 1. The number of aliphatic imine (C=N–C) groups is 2. The van der Waals surface area contributed by atoms with Crippen molar-refractivity contribution >= 4 is 28.9 Å². The van der Waals surface area contributed by atoms with Gasteiger partial charge in [-0.05, 0) is 35.4 Å². The maximum absolute atomic E-state index is 13.1. The summed E-state index contributed by atoms with van der Waals surface area (Å²) in [5, 5.41) is 2.72. The maximum atomic E-state index is 13.1. The molecule has 2 aliphatic heterocycles. The van der Waals surface area contributed by atoms with Crippen LogP contribution in [-0.4, -0.2) is 52.2 Å². The monoisotopic (exact) mass is 493 g/mol. The van der Waals surface area contributed by atoms with Crippen molar-refractivity contribution in [3.05, 3.63) is 120 Å². The summed E-state index contributed by atoms with van der Waals surface area (Å²) in [4.78, 5) is 42.2. The lowest BCUT2D eigenvalue weighted by Gasteiger charge is -2.27. The fraction of sp³-hybridized carbons (Fsp3) is 0.107. The Bertz CT molecular complexity index is 1400. The molecule has 0 saturated heterocycles. The van der Waals surface area contributed by atoms with Crippen molar-refractivity contribution in [3.8, 4) is 0 Å². The Labute approximate surface area is 215 Å². The van der Waals surface area contributed by atoms with Crippen molar-refractivity contribution in [1.29, 1.82) is 0 Å². The summed E-state index contributed by atoms with van der Waals surface area (Å²) in [7, 11) is 3.03. The summed E-state index contributed by atoms with van der Waals surface area (Å²) < 4.78 is 0. The first-order chi connectivity index (χ1) is 17.9. The molecule has 1 aromatic heterocycles. The molecule has 0 saturated carbocycles. The number of hydrogen-bond donors (Lipinski definition) is 2. The highest BCUT2D eigenvalue weighted by molar-refractivity contribution is 6.52. The minimum Gasteiger partial charge on any atom is -0.404 e.